The monoisotopic (exact) mass is 318 g/mol. The summed E-state index contributed by atoms with van der Waals surface area (Å²) in [6.45, 7) is 5.94. The second-order valence-electron chi connectivity index (χ2n) is 5.89. The molecular weight excluding hydrogens is 300 g/mol. The molecule has 120 valence electrons. The molecule has 0 bridgehead atoms. The van der Waals surface area contributed by atoms with Crippen LogP contribution in [0.2, 0.25) is 0 Å². The molecule has 0 saturated heterocycles. The summed E-state index contributed by atoms with van der Waals surface area (Å²) in [5.74, 6) is 1.75. The number of anilines is 2. The van der Waals surface area contributed by atoms with Crippen molar-refractivity contribution in [1.82, 2.24) is 10.2 Å². The van der Waals surface area contributed by atoms with E-state index < -0.39 is 0 Å². The van der Waals surface area contributed by atoms with Crippen molar-refractivity contribution in [2.24, 2.45) is 10.2 Å². The molecule has 2 aromatic carbocycles. The summed E-state index contributed by atoms with van der Waals surface area (Å²) in [7, 11) is 0. The average molecular weight is 318 g/mol. The summed E-state index contributed by atoms with van der Waals surface area (Å²) in [5, 5.41) is 18.1. The van der Waals surface area contributed by atoms with Gasteiger partial charge in [-0.3, -0.25) is 10.0 Å². The predicted octanol–water partition coefficient (Wildman–Crippen LogP) is 2.84. The molecule has 0 radical (unpaired) electrons. The minimum absolute atomic E-state index is 0.839. The summed E-state index contributed by atoms with van der Waals surface area (Å²) in [5.41, 5.74) is 4.55. The fraction of sp³-hybridized carbons (Fsp3) is 0.222. The van der Waals surface area contributed by atoms with E-state index in [9.17, 15) is 0 Å². The van der Waals surface area contributed by atoms with Crippen LogP contribution in [0.4, 0.5) is 11.4 Å². The quantitative estimate of drug-likeness (QED) is 0.853. The SMILES string of the molecule is CCN1c2ccccc2C2=NN3C(=NN21)c1ccccc1N3CC. The summed E-state index contributed by atoms with van der Waals surface area (Å²) in [6, 6.07) is 16.7. The lowest BCUT2D eigenvalue weighted by molar-refractivity contribution is 0.346. The van der Waals surface area contributed by atoms with Gasteiger partial charge in [-0.25, -0.2) is 0 Å². The van der Waals surface area contributed by atoms with Crippen LogP contribution >= 0.6 is 0 Å². The summed E-state index contributed by atoms with van der Waals surface area (Å²) in [6.07, 6.45) is 0. The lowest BCUT2D eigenvalue weighted by atomic mass is 10.2. The molecule has 0 atom stereocenters. The molecule has 0 unspecified atom stereocenters. The Morgan fingerprint density at radius 2 is 1.08 bits per heavy atom. The number of hydrogen-bond acceptors (Lipinski definition) is 6. The minimum atomic E-state index is 0.839. The minimum Gasteiger partial charge on any atom is -0.263 e. The summed E-state index contributed by atoms with van der Waals surface area (Å²) in [4.78, 5) is 0. The smallest absolute Gasteiger partial charge is 0.203 e. The van der Waals surface area contributed by atoms with Gasteiger partial charge in [-0.2, -0.15) is 0 Å². The number of para-hydroxylation sites is 2. The van der Waals surface area contributed by atoms with Crippen LogP contribution in [0.25, 0.3) is 0 Å². The highest BCUT2D eigenvalue weighted by Crippen LogP contribution is 2.38. The Morgan fingerprint density at radius 1 is 0.667 bits per heavy atom. The second kappa shape index (κ2) is 4.74. The van der Waals surface area contributed by atoms with Crippen molar-refractivity contribution in [1.29, 1.82) is 0 Å². The number of hydrazine groups is 2. The molecule has 0 amide bonds. The largest absolute Gasteiger partial charge is 0.263 e. The fourth-order valence-electron chi connectivity index (χ4n) is 3.60. The van der Waals surface area contributed by atoms with Gasteiger partial charge in [0.2, 0.25) is 11.7 Å². The van der Waals surface area contributed by atoms with Gasteiger partial charge >= 0.3 is 0 Å². The third kappa shape index (κ3) is 1.55. The van der Waals surface area contributed by atoms with E-state index in [1.165, 1.54) is 0 Å². The zero-order valence-electron chi connectivity index (χ0n) is 13.7. The van der Waals surface area contributed by atoms with E-state index in [1.54, 1.807) is 0 Å². The topological polar surface area (TPSA) is 37.7 Å². The molecule has 0 N–H and O–H groups in total. The number of benzene rings is 2. The summed E-state index contributed by atoms with van der Waals surface area (Å²) >= 11 is 0. The zero-order chi connectivity index (χ0) is 16.3. The highest BCUT2D eigenvalue weighted by atomic mass is 15.9. The Kier molecular flexibility index (Phi) is 2.65. The van der Waals surface area contributed by atoms with Crippen LogP contribution in [-0.2, 0) is 0 Å². The van der Waals surface area contributed by atoms with Crippen LogP contribution in [0.15, 0.2) is 58.7 Å². The van der Waals surface area contributed by atoms with E-state index in [0.29, 0.717) is 0 Å². The Balaban J connectivity index is 1.70. The molecular formula is C18H18N6. The fourth-order valence-corrected chi connectivity index (χ4v) is 3.60. The van der Waals surface area contributed by atoms with E-state index in [0.717, 1.165) is 47.3 Å². The van der Waals surface area contributed by atoms with Gasteiger partial charge in [0, 0.05) is 24.2 Å². The molecule has 6 heteroatoms. The van der Waals surface area contributed by atoms with Crippen molar-refractivity contribution in [2.75, 3.05) is 23.1 Å². The van der Waals surface area contributed by atoms with E-state index in [2.05, 4.69) is 60.3 Å². The first-order valence-corrected chi connectivity index (χ1v) is 8.34. The van der Waals surface area contributed by atoms with Gasteiger partial charge in [0.05, 0.1) is 11.4 Å². The molecule has 0 fully saturated rings. The number of hydrazone groups is 2. The Bertz CT molecular complexity index is 813. The maximum atomic E-state index is 4.94. The maximum Gasteiger partial charge on any atom is 0.203 e. The van der Waals surface area contributed by atoms with E-state index in [4.69, 9.17) is 10.2 Å². The Labute approximate surface area is 140 Å². The van der Waals surface area contributed by atoms with Gasteiger partial charge in [0.25, 0.3) is 0 Å². The van der Waals surface area contributed by atoms with E-state index in [1.807, 2.05) is 22.4 Å². The molecule has 3 aliphatic heterocycles. The van der Waals surface area contributed by atoms with Crippen LogP contribution in [0.1, 0.15) is 25.0 Å². The Hall–Kier alpha value is -3.02. The number of hydrogen-bond donors (Lipinski definition) is 0. The highest BCUT2D eigenvalue weighted by Gasteiger charge is 2.41. The van der Waals surface area contributed by atoms with Crippen molar-refractivity contribution < 1.29 is 0 Å². The third-order valence-corrected chi connectivity index (χ3v) is 4.66. The van der Waals surface area contributed by atoms with Crippen LogP contribution in [0.3, 0.4) is 0 Å². The van der Waals surface area contributed by atoms with Crippen molar-refractivity contribution >= 4 is 23.0 Å². The number of amidine groups is 2. The molecule has 0 aliphatic carbocycles. The van der Waals surface area contributed by atoms with Gasteiger partial charge < -0.3 is 0 Å². The van der Waals surface area contributed by atoms with Gasteiger partial charge in [0.15, 0.2) is 0 Å². The predicted molar refractivity (Wildman–Crippen MR) is 95.7 cm³/mol. The molecule has 5 rings (SSSR count). The van der Waals surface area contributed by atoms with Crippen LogP contribution in [0, 0.1) is 0 Å². The zero-order valence-corrected chi connectivity index (χ0v) is 13.7. The van der Waals surface area contributed by atoms with Gasteiger partial charge in [0.1, 0.15) is 0 Å². The van der Waals surface area contributed by atoms with Crippen molar-refractivity contribution in [3.05, 3.63) is 59.7 Å². The van der Waals surface area contributed by atoms with Crippen LogP contribution in [-0.4, -0.2) is 35.0 Å². The van der Waals surface area contributed by atoms with Gasteiger partial charge in [-0.15, -0.1) is 20.4 Å². The Morgan fingerprint density at radius 3 is 1.50 bits per heavy atom. The highest BCUT2D eigenvalue weighted by molar-refractivity contribution is 6.14. The number of fused-ring (bicyclic) bond motifs is 6. The lowest BCUT2D eigenvalue weighted by Gasteiger charge is -2.33. The van der Waals surface area contributed by atoms with Crippen molar-refractivity contribution in [2.45, 2.75) is 13.8 Å². The van der Waals surface area contributed by atoms with Gasteiger partial charge in [-0.1, -0.05) is 24.3 Å². The second-order valence-corrected chi connectivity index (χ2v) is 5.89. The molecule has 3 aliphatic rings. The van der Waals surface area contributed by atoms with Crippen LogP contribution < -0.4 is 10.0 Å². The molecule has 2 aromatic rings. The first-order chi connectivity index (χ1) is 11.8. The molecule has 0 saturated carbocycles. The number of nitrogens with zero attached hydrogens (tertiary/aromatic N) is 6. The maximum absolute atomic E-state index is 4.94. The molecule has 0 aromatic heterocycles. The first kappa shape index (κ1) is 13.4. The summed E-state index contributed by atoms with van der Waals surface area (Å²) < 4.78 is 0. The van der Waals surface area contributed by atoms with Crippen molar-refractivity contribution in [3.63, 3.8) is 0 Å². The van der Waals surface area contributed by atoms with E-state index >= 15 is 0 Å². The molecule has 24 heavy (non-hydrogen) atoms. The van der Waals surface area contributed by atoms with Crippen LogP contribution in [0.5, 0.6) is 0 Å². The third-order valence-electron chi connectivity index (χ3n) is 4.66. The van der Waals surface area contributed by atoms with Crippen molar-refractivity contribution in [3.8, 4) is 0 Å². The molecule has 6 nitrogen and oxygen atoms in total. The first-order valence-electron chi connectivity index (χ1n) is 8.34. The van der Waals surface area contributed by atoms with E-state index in [-0.39, 0.29) is 0 Å². The normalized spacial score (nSPS) is 17.2. The lowest BCUT2D eigenvalue weighted by Crippen LogP contribution is -2.47. The average Bonchev–Trinajstić information content (AvgIpc) is 3.11. The van der Waals surface area contributed by atoms with Gasteiger partial charge in [-0.05, 0) is 38.1 Å². The standard InChI is InChI=1S/C18H18N6/c1-3-21-15-11-7-5-9-13(15)17-20-24-18(19-23(17)21)14-10-6-8-12-16(14)22(24)4-2/h5-12H,3-4H2,1-2H3. The molecule has 0 spiro atoms. The number of rotatable bonds is 2. The molecule has 3 heterocycles.